The average Bonchev–Trinajstić information content (AvgIpc) is 1.62. The van der Waals surface area contributed by atoms with E-state index in [1.165, 1.54) is 10.3 Å². The van der Waals surface area contributed by atoms with Gasteiger partial charge in [0, 0.05) is 63.6 Å². The molecule has 518 valence electrons. The predicted molar refractivity (Wildman–Crippen MR) is 468 cm³/mol. The van der Waals surface area contributed by atoms with E-state index < -0.39 is 0 Å². The van der Waals surface area contributed by atoms with Crippen molar-refractivity contribution in [3.63, 3.8) is 0 Å². The normalized spacial score (nSPS) is 11.6. The third-order valence-corrected chi connectivity index (χ3v) is 24.7. The zero-order valence-corrected chi connectivity index (χ0v) is 62.2. The van der Waals surface area contributed by atoms with E-state index in [1.807, 2.05) is 0 Å². The van der Waals surface area contributed by atoms with Crippen LogP contribution in [0.4, 0.5) is 0 Å². The Hall–Kier alpha value is -13.8. The fraction of sp³-hybridized carbons (Fsp3) is 0. The summed E-state index contributed by atoms with van der Waals surface area (Å²) >= 11 is 5.26. The van der Waals surface area contributed by atoms with Crippen molar-refractivity contribution < 1.29 is 0 Å². The number of thiophene rings is 3. The molecular weight excluding hydrogens is 1410 g/mol. The van der Waals surface area contributed by atoms with Crippen LogP contribution in [-0.2, 0) is 0 Å². The van der Waals surface area contributed by atoms with Gasteiger partial charge >= 0.3 is 0 Å². The van der Waals surface area contributed by atoms with Crippen LogP contribution in [0.2, 0.25) is 0 Å². The standard InChI is InChI=1S/C102H62N6S3/c1-5-24-63(25-6-1)66-46-50-69(51-47-66)91-97-95(107-100(103-91)77-36-22-32-71(59-77)65-28-9-3-10-29-65)87-57-55-76(62-90(87)111-97)80-39-13-15-40-81(80)82-41-16-18-43-84(82)102-104-92(70-52-48-67(49-53-70)64-26-7-2-8-27-64)98-96(108-102)86-56-54-75(61-89(86)110-98)73-34-21-33-72(58-73)74-35-23-37-78(60-74)101-105-93(99-94(106-101)85-44-19-20-45-88(85)109-99)83-42-17-14-38-79(83)68-30-11-4-12-31-68/h1-62H. The lowest BCUT2D eigenvalue weighted by Crippen LogP contribution is -1.96. The summed E-state index contributed by atoms with van der Waals surface area (Å²) in [6, 6.07) is 134. The van der Waals surface area contributed by atoms with Gasteiger partial charge in [0.15, 0.2) is 17.5 Å². The molecule has 0 fully saturated rings. The molecule has 0 aliphatic heterocycles. The summed E-state index contributed by atoms with van der Waals surface area (Å²) in [5.74, 6) is 2.03. The van der Waals surface area contributed by atoms with Gasteiger partial charge in [-0.25, -0.2) is 29.9 Å². The van der Waals surface area contributed by atoms with Crippen LogP contribution in [0.5, 0.6) is 0 Å². The van der Waals surface area contributed by atoms with Crippen LogP contribution in [0, 0.1) is 0 Å². The quantitative estimate of drug-likeness (QED) is 0.108. The molecule has 21 rings (SSSR count). The molecule has 0 atom stereocenters. The van der Waals surface area contributed by atoms with Gasteiger partial charge in [0.25, 0.3) is 0 Å². The van der Waals surface area contributed by atoms with Crippen molar-refractivity contribution >= 4 is 94.9 Å². The first-order valence-electron chi connectivity index (χ1n) is 37.2. The summed E-state index contributed by atoms with van der Waals surface area (Å²) in [5, 5.41) is 3.29. The molecule has 0 unspecified atom stereocenters. The van der Waals surface area contributed by atoms with Crippen molar-refractivity contribution in [3.05, 3.63) is 376 Å². The first kappa shape index (κ1) is 65.5. The van der Waals surface area contributed by atoms with Gasteiger partial charge in [-0.2, -0.15) is 0 Å². The fourth-order valence-electron chi connectivity index (χ4n) is 15.7. The Morgan fingerprint density at radius 3 is 0.982 bits per heavy atom. The summed E-state index contributed by atoms with van der Waals surface area (Å²) in [5.41, 5.74) is 29.4. The number of nitrogens with zero attached hydrogens (tertiary/aromatic N) is 6. The SMILES string of the molecule is c1ccc(-c2ccc(-c3nc(-c4cccc(-c5ccccc5)c4)nc4c3sc3cc(-c5ccccc5-c5ccccc5-c5nc(-c6ccc(-c7ccccc7)cc6)c6sc7cc(-c8cccc(-c9cccc(-c%10nc(-c%11ccccc%11-c%11ccccc%11)c%11sc%12ccccc%12c%11n%10)c9)c8)ccc7c6n5)ccc34)cc2)cc1. The van der Waals surface area contributed by atoms with Gasteiger partial charge < -0.3 is 0 Å². The Bertz CT molecular complexity index is 7180. The highest BCUT2D eigenvalue weighted by Crippen LogP contribution is 2.48. The fourth-order valence-corrected chi connectivity index (χ4v) is 19.2. The van der Waals surface area contributed by atoms with Gasteiger partial charge in [-0.15, -0.1) is 34.0 Å². The Kier molecular flexibility index (Phi) is 16.4. The number of benzene rings is 15. The number of hydrogen-bond donors (Lipinski definition) is 0. The first-order chi connectivity index (χ1) is 55.0. The summed E-state index contributed by atoms with van der Waals surface area (Å²) in [7, 11) is 0. The molecule has 6 heterocycles. The minimum Gasteiger partial charge on any atom is -0.226 e. The molecule has 111 heavy (non-hydrogen) atoms. The lowest BCUT2D eigenvalue weighted by Gasteiger charge is -2.15. The monoisotopic (exact) mass is 1470 g/mol. The second kappa shape index (κ2) is 27.8. The van der Waals surface area contributed by atoms with E-state index in [0.29, 0.717) is 17.5 Å². The molecule has 0 saturated heterocycles. The highest BCUT2D eigenvalue weighted by molar-refractivity contribution is 7.27. The molecule has 0 radical (unpaired) electrons. The van der Waals surface area contributed by atoms with Crippen molar-refractivity contribution in [2.75, 3.05) is 0 Å². The number of fused-ring (bicyclic) bond motifs is 9. The van der Waals surface area contributed by atoms with Crippen molar-refractivity contribution in [2.24, 2.45) is 0 Å². The summed E-state index contributed by atoms with van der Waals surface area (Å²) in [6.07, 6.45) is 0. The maximum absolute atomic E-state index is 5.69. The Morgan fingerprint density at radius 2 is 0.450 bits per heavy atom. The minimum atomic E-state index is 0.656. The van der Waals surface area contributed by atoms with Crippen LogP contribution in [0.3, 0.4) is 0 Å². The Morgan fingerprint density at radius 1 is 0.153 bits per heavy atom. The van der Waals surface area contributed by atoms with Crippen LogP contribution >= 0.6 is 34.0 Å². The number of aromatic nitrogens is 6. The van der Waals surface area contributed by atoms with Crippen LogP contribution < -0.4 is 0 Å². The highest BCUT2D eigenvalue weighted by atomic mass is 32.1. The first-order valence-corrected chi connectivity index (χ1v) is 39.6. The van der Waals surface area contributed by atoms with E-state index in [1.54, 1.807) is 34.0 Å². The van der Waals surface area contributed by atoms with Crippen molar-refractivity contribution in [1.82, 2.24) is 29.9 Å². The summed E-state index contributed by atoms with van der Waals surface area (Å²) in [6.45, 7) is 0. The molecule has 21 aromatic rings. The second-order valence-electron chi connectivity index (χ2n) is 27.9. The third kappa shape index (κ3) is 12.0. The number of hydrogen-bond acceptors (Lipinski definition) is 9. The van der Waals surface area contributed by atoms with Gasteiger partial charge in [0.1, 0.15) is 0 Å². The van der Waals surface area contributed by atoms with Crippen molar-refractivity contribution in [3.8, 4) is 157 Å². The molecule has 0 amide bonds. The van der Waals surface area contributed by atoms with Gasteiger partial charge in [-0.1, -0.05) is 340 Å². The molecule has 0 aliphatic rings. The third-order valence-electron chi connectivity index (χ3n) is 21.2. The molecule has 0 aliphatic carbocycles. The van der Waals surface area contributed by atoms with Crippen LogP contribution in [-0.4, -0.2) is 29.9 Å². The lowest BCUT2D eigenvalue weighted by molar-refractivity contribution is 1.24. The summed E-state index contributed by atoms with van der Waals surface area (Å²) < 4.78 is 6.60. The molecule has 9 heteroatoms. The molecule has 0 N–H and O–H groups in total. The van der Waals surface area contributed by atoms with Gasteiger partial charge in [0.2, 0.25) is 0 Å². The molecular formula is C102H62N6S3. The predicted octanol–water partition coefficient (Wildman–Crippen LogP) is 28.5. The largest absolute Gasteiger partial charge is 0.226 e. The summed E-state index contributed by atoms with van der Waals surface area (Å²) in [4.78, 5) is 33.2. The maximum Gasteiger partial charge on any atom is 0.161 e. The van der Waals surface area contributed by atoms with E-state index in [4.69, 9.17) is 29.9 Å². The van der Waals surface area contributed by atoms with Gasteiger partial charge in [-0.3, -0.25) is 0 Å². The van der Waals surface area contributed by atoms with Gasteiger partial charge in [0.05, 0.1) is 47.7 Å². The van der Waals surface area contributed by atoms with E-state index >= 15 is 0 Å². The molecule has 15 aromatic carbocycles. The molecule has 0 spiro atoms. The van der Waals surface area contributed by atoms with E-state index in [0.717, 1.165) is 190 Å². The van der Waals surface area contributed by atoms with E-state index in [-0.39, 0.29) is 0 Å². The van der Waals surface area contributed by atoms with Gasteiger partial charge in [-0.05, 0) is 125 Å². The topological polar surface area (TPSA) is 77.3 Å². The smallest absolute Gasteiger partial charge is 0.161 e. The molecule has 6 aromatic heterocycles. The Balaban J connectivity index is 0.654. The van der Waals surface area contributed by atoms with Crippen LogP contribution in [0.1, 0.15) is 0 Å². The van der Waals surface area contributed by atoms with E-state index in [2.05, 4.69) is 376 Å². The molecule has 6 nitrogen and oxygen atoms in total. The highest BCUT2D eigenvalue weighted by Gasteiger charge is 2.25. The average molecular weight is 1470 g/mol. The van der Waals surface area contributed by atoms with Crippen molar-refractivity contribution in [1.29, 1.82) is 0 Å². The maximum atomic E-state index is 5.69. The van der Waals surface area contributed by atoms with E-state index in [9.17, 15) is 0 Å². The molecule has 0 bridgehead atoms. The number of rotatable bonds is 14. The van der Waals surface area contributed by atoms with Crippen LogP contribution in [0.25, 0.3) is 218 Å². The zero-order chi connectivity index (χ0) is 73.3. The van der Waals surface area contributed by atoms with Crippen LogP contribution in [0.15, 0.2) is 376 Å². The lowest BCUT2D eigenvalue weighted by atomic mass is 9.91. The Labute approximate surface area is 653 Å². The molecule has 0 saturated carbocycles. The zero-order valence-electron chi connectivity index (χ0n) is 59.7. The van der Waals surface area contributed by atoms with Crippen molar-refractivity contribution in [2.45, 2.75) is 0 Å². The minimum absolute atomic E-state index is 0.656. The second-order valence-corrected chi connectivity index (χ2v) is 31.1.